The van der Waals surface area contributed by atoms with E-state index in [-0.39, 0.29) is 0 Å². The average molecular weight is 343 g/mol. The molecule has 6 heteroatoms. The largest absolute Gasteiger partial charge is 0.444 e. The molecule has 1 heterocycles. The van der Waals surface area contributed by atoms with Gasteiger partial charge >= 0.3 is 6.09 Å². The Labute approximate surface area is 127 Å². The molecule has 20 heavy (non-hydrogen) atoms. The lowest BCUT2D eigenvalue weighted by molar-refractivity contribution is -0.117. The maximum atomic E-state index is 12.2. The molecule has 0 radical (unpaired) electrons. The maximum Gasteiger partial charge on any atom is 0.411 e. The Balaban J connectivity index is 3.14. The number of aldehydes is 1. The van der Waals surface area contributed by atoms with E-state index < -0.39 is 17.2 Å². The van der Waals surface area contributed by atoms with E-state index in [2.05, 4.69) is 20.9 Å². The number of hydrogen-bond acceptors (Lipinski definition) is 4. The van der Waals surface area contributed by atoms with Crippen LogP contribution in [0.5, 0.6) is 0 Å². The zero-order chi connectivity index (χ0) is 15.6. The molecule has 0 N–H and O–H groups in total. The highest BCUT2D eigenvalue weighted by Gasteiger charge is 2.38. The molecule has 0 saturated heterocycles. The van der Waals surface area contributed by atoms with Crippen molar-refractivity contribution in [1.29, 1.82) is 0 Å². The highest BCUT2D eigenvalue weighted by Crippen LogP contribution is 2.31. The van der Waals surface area contributed by atoms with Crippen molar-refractivity contribution in [3.63, 3.8) is 0 Å². The van der Waals surface area contributed by atoms with Gasteiger partial charge in [0.15, 0.2) is 0 Å². The Morgan fingerprint density at radius 2 is 2.00 bits per heavy atom. The summed E-state index contributed by atoms with van der Waals surface area (Å²) >= 11 is 3.35. The summed E-state index contributed by atoms with van der Waals surface area (Å²) in [5, 5.41) is 0. The Kier molecular flexibility index (Phi) is 4.91. The van der Waals surface area contributed by atoms with Gasteiger partial charge in [0, 0.05) is 29.5 Å². The van der Waals surface area contributed by atoms with E-state index in [1.807, 2.05) is 0 Å². The minimum Gasteiger partial charge on any atom is -0.444 e. The van der Waals surface area contributed by atoms with E-state index in [0.717, 1.165) is 6.29 Å². The van der Waals surface area contributed by atoms with Crippen LogP contribution in [0.25, 0.3) is 0 Å². The summed E-state index contributed by atoms with van der Waals surface area (Å²) < 4.78 is 5.96. The molecule has 5 nitrogen and oxygen atoms in total. The number of carbonyl (C=O) groups is 2. The molecule has 1 amide bonds. The van der Waals surface area contributed by atoms with Gasteiger partial charge < -0.3 is 9.53 Å². The summed E-state index contributed by atoms with van der Waals surface area (Å²) in [4.78, 5) is 29.0. The number of hydrogen-bond donors (Lipinski definition) is 0. The first-order valence-corrected chi connectivity index (χ1v) is 6.94. The van der Waals surface area contributed by atoms with Gasteiger partial charge in [-0.3, -0.25) is 9.88 Å². The molecule has 0 aliphatic rings. The second kappa shape index (κ2) is 5.91. The number of amides is 1. The van der Waals surface area contributed by atoms with Gasteiger partial charge in [-0.2, -0.15) is 0 Å². The predicted octanol–water partition coefficient (Wildman–Crippen LogP) is 3.13. The Hall–Kier alpha value is -1.43. The third-order valence-corrected chi connectivity index (χ3v) is 3.54. The SMILES string of the molecule is CN(C(=O)OC(C)(C)C)C(C)(C=O)c1ccncc1Br. The van der Waals surface area contributed by atoms with Crippen molar-refractivity contribution in [1.82, 2.24) is 9.88 Å². The van der Waals surface area contributed by atoms with E-state index in [9.17, 15) is 9.59 Å². The Morgan fingerprint density at radius 3 is 2.45 bits per heavy atom. The molecule has 0 aliphatic carbocycles. The number of likely N-dealkylation sites (N-methyl/N-ethyl adjacent to an activating group) is 1. The number of pyridine rings is 1. The molecule has 0 aliphatic heterocycles. The number of carbonyl (C=O) groups excluding carboxylic acids is 2. The summed E-state index contributed by atoms with van der Waals surface area (Å²) in [7, 11) is 1.54. The van der Waals surface area contributed by atoms with Crippen LogP contribution in [-0.2, 0) is 15.1 Å². The van der Waals surface area contributed by atoms with Crippen molar-refractivity contribution >= 4 is 28.3 Å². The van der Waals surface area contributed by atoms with Crippen molar-refractivity contribution in [2.24, 2.45) is 0 Å². The normalized spacial score (nSPS) is 14.3. The average Bonchev–Trinajstić information content (AvgIpc) is 2.35. The van der Waals surface area contributed by atoms with E-state index in [1.165, 1.54) is 11.9 Å². The van der Waals surface area contributed by atoms with Crippen LogP contribution in [0.1, 0.15) is 33.3 Å². The van der Waals surface area contributed by atoms with Gasteiger partial charge in [0.05, 0.1) is 0 Å². The van der Waals surface area contributed by atoms with Crippen molar-refractivity contribution < 1.29 is 14.3 Å². The summed E-state index contributed by atoms with van der Waals surface area (Å²) in [6, 6.07) is 1.69. The Bertz CT molecular complexity index is 513. The van der Waals surface area contributed by atoms with Crippen LogP contribution in [0.4, 0.5) is 4.79 Å². The standard InChI is InChI=1S/C14H19BrN2O3/c1-13(2,3)20-12(19)17(5)14(4,9-18)10-6-7-16-8-11(10)15/h6-9H,1-5H3. The minimum absolute atomic E-state index is 0.559. The molecular weight excluding hydrogens is 324 g/mol. The van der Waals surface area contributed by atoms with E-state index >= 15 is 0 Å². The molecule has 0 spiro atoms. The number of ether oxygens (including phenoxy) is 1. The number of aromatic nitrogens is 1. The topological polar surface area (TPSA) is 59.5 Å². The molecule has 1 atom stereocenters. The molecule has 0 aromatic carbocycles. The summed E-state index contributed by atoms with van der Waals surface area (Å²) in [6.07, 6.45) is 3.32. The summed E-state index contributed by atoms with van der Waals surface area (Å²) in [5.74, 6) is 0. The van der Waals surface area contributed by atoms with E-state index in [4.69, 9.17) is 4.74 Å². The second-order valence-electron chi connectivity index (χ2n) is 5.66. The lowest BCUT2D eigenvalue weighted by Gasteiger charge is -2.36. The zero-order valence-corrected chi connectivity index (χ0v) is 13.9. The summed E-state index contributed by atoms with van der Waals surface area (Å²) in [5.41, 5.74) is -1.11. The smallest absolute Gasteiger partial charge is 0.411 e. The lowest BCUT2D eigenvalue weighted by Crippen LogP contribution is -2.48. The molecular formula is C14H19BrN2O3. The second-order valence-corrected chi connectivity index (χ2v) is 6.51. The molecule has 1 unspecified atom stereocenters. The predicted molar refractivity (Wildman–Crippen MR) is 79.4 cm³/mol. The van der Waals surface area contributed by atoms with Gasteiger partial charge in [0.25, 0.3) is 0 Å². The lowest BCUT2D eigenvalue weighted by atomic mass is 9.93. The minimum atomic E-state index is -1.13. The molecule has 0 bridgehead atoms. The van der Waals surface area contributed by atoms with Crippen molar-refractivity contribution in [2.75, 3.05) is 7.05 Å². The molecule has 0 fully saturated rings. The molecule has 0 saturated carbocycles. The van der Waals surface area contributed by atoms with Gasteiger partial charge in [-0.15, -0.1) is 0 Å². The number of nitrogens with zero attached hydrogens (tertiary/aromatic N) is 2. The third kappa shape index (κ3) is 3.56. The molecule has 1 rings (SSSR count). The fourth-order valence-electron chi connectivity index (χ4n) is 1.63. The van der Waals surface area contributed by atoms with Gasteiger partial charge in [-0.05, 0) is 49.7 Å². The van der Waals surface area contributed by atoms with Crippen LogP contribution >= 0.6 is 15.9 Å². The van der Waals surface area contributed by atoms with Crippen molar-refractivity contribution in [2.45, 2.75) is 38.8 Å². The maximum absolute atomic E-state index is 12.2. The Morgan fingerprint density at radius 1 is 1.40 bits per heavy atom. The molecule has 1 aromatic rings. The van der Waals surface area contributed by atoms with Gasteiger partial charge in [-0.25, -0.2) is 4.79 Å². The zero-order valence-electron chi connectivity index (χ0n) is 12.3. The van der Waals surface area contributed by atoms with Crippen LogP contribution in [0, 0.1) is 0 Å². The van der Waals surface area contributed by atoms with Gasteiger partial charge in [0.2, 0.25) is 0 Å². The monoisotopic (exact) mass is 342 g/mol. The van der Waals surface area contributed by atoms with Crippen molar-refractivity contribution in [3.8, 4) is 0 Å². The quantitative estimate of drug-likeness (QED) is 0.791. The third-order valence-electron chi connectivity index (χ3n) is 2.91. The van der Waals surface area contributed by atoms with Crippen LogP contribution in [0.2, 0.25) is 0 Å². The fourth-order valence-corrected chi connectivity index (χ4v) is 2.28. The van der Waals surface area contributed by atoms with Crippen LogP contribution in [0.15, 0.2) is 22.9 Å². The first kappa shape index (κ1) is 16.6. The number of rotatable bonds is 3. The molecule has 110 valence electrons. The van der Waals surface area contributed by atoms with Crippen LogP contribution < -0.4 is 0 Å². The summed E-state index contributed by atoms with van der Waals surface area (Å²) in [6.45, 7) is 6.99. The van der Waals surface area contributed by atoms with Gasteiger partial charge in [0.1, 0.15) is 17.4 Å². The van der Waals surface area contributed by atoms with E-state index in [0.29, 0.717) is 10.0 Å². The molecule has 1 aromatic heterocycles. The highest BCUT2D eigenvalue weighted by molar-refractivity contribution is 9.10. The number of halogens is 1. The van der Waals surface area contributed by atoms with E-state index in [1.54, 1.807) is 46.2 Å². The fraction of sp³-hybridized carbons (Fsp3) is 0.500. The first-order valence-electron chi connectivity index (χ1n) is 6.15. The van der Waals surface area contributed by atoms with Gasteiger partial charge in [-0.1, -0.05) is 0 Å². The first-order chi connectivity index (χ1) is 9.12. The van der Waals surface area contributed by atoms with Crippen LogP contribution in [0.3, 0.4) is 0 Å². The highest BCUT2D eigenvalue weighted by atomic mass is 79.9. The van der Waals surface area contributed by atoms with Crippen LogP contribution in [-0.4, -0.2) is 34.9 Å². The van der Waals surface area contributed by atoms with Crippen molar-refractivity contribution in [3.05, 3.63) is 28.5 Å².